The molecule has 0 radical (unpaired) electrons. The largest absolute Gasteiger partial charge is 0.481 e. The average molecular weight is 235 g/mol. The first-order valence-corrected chi connectivity index (χ1v) is 5.87. The van der Waals surface area contributed by atoms with Crippen LogP contribution in [0.2, 0.25) is 0 Å². The molecular weight excluding hydrogens is 214 g/mol. The van der Waals surface area contributed by atoms with Gasteiger partial charge >= 0.3 is 5.97 Å². The molecule has 0 fully saturated rings. The second kappa shape index (κ2) is 5.82. The summed E-state index contributed by atoms with van der Waals surface area (Å²) in [6, 6.07) is 6.44. The molecule has 0 amide bonds. The van der Waals surface area contributed by atoms with E-state index in [4.69, 9.17) is 5.11 Å². The SMILES string of the molecule is Cc1cc(C)cc(CN(C)CC(C)C(=O)O)c1. The van der Waals surface area contributed by atoms with E-state index in [1.165, 1.54) is 16.7 Å². The zero-order chi connectivity index (χ0) is 13.0. The molecule has 1 aromatic carbocycles. The number of carbonyl (C=O) groups is 1. The van der Waals surface area contributed by atoms with Gasteiger partial charge in [0, 0.05) is 13.1 Å². The van der Waals surface area contributed by atoms with Crippen LogP contribution < -0.4 is 0 Å². The van der Waals surface area contributed by atoms with Crippen LogP contribution in [0.4, 0.5) is 0 Å². The highest BCUT2D eigenvalue weighted by Crippen LogP contribution is 2.11. The Morgan fingerprint density at radius 1 is 1.29 bits per heavy atom. The summed E-state index contributed by atoms with van der Waals surface area (Å²) in [6.45, 7) is 7.26. The van der Waals surface area contributed by atoms with Gasteiger partial charge < -0.3 is 10.0 Å². The van der Waals surface area contributed by atoms with Gasteiger partial charge in [-0.3, -0.25) is 4.79 Å². The minimum absolute atomic E-state index is 0.328. The van der Waals surface area contributed by atoms with E-state index in [1.807, 2.05) is 11.9 Å². The first-order valence-electron chi connectivity index (χ1n) is 5.87. The van der Waals surface area contributed by atoms with Crippen LogP contribution in [0.3, 0.4) is 0 Å². The van der Waals surface area contributed by atoms with Gasteiger partial charge in [0.1, 0.15) is 0 Å². The summed E-state index contributed by atoms with van der Waals surface area (Å²) in [5.74, 6) is -1.07. The van der Waals surface area contributed by atoms with Crippen molar-refractivity contribution in [1.29, 1.82) is 0 Å². The van der Waals surface area contributed by atoms with Crippen molar-refractivity contribution in [2.24, 2.45) is 5.92 Å². The minimum Gasteiger partial charge on any atom is -0.481 e. The van der Waals surface area contributed by atoms with Gasteiger partial charge in [-0.1, -0.05) is 36.2 Å². The predicted molar refractivity (Wildman–Crippen MR) is 69.0 cm³/mol. The summed E-state index contributed by atoms with van der Waals surface area (Å²) >= 11 is 0. The quantitative estimate of drug-likeness (QED) is 0.852. The Labute approximate surface area is 103 Å². The zero-order valence-electron chi connectivity index (χ0n) is 11.0. The number of hydrogen-bond acceptors (Lipinski definition) is 2. The number of rotatable bonds is 5. The van der Waals surface area contributed by atoms with Crippen molar-refractivity contribution in [3.05, 3.63) is 34.9 Å². The van der Waals surface area contributed by atoms with Crippen LogP contribution in [0.5, 0.6) is 0 Å². The standard InChI is InChI=1S/C14H21NO2/c1-10-5-11(2)7-13(6-10)9-15(4)8-12(3)14(16)17/h5-7,12H,8-9H2,1-4H3,(H,16,17). The van der Waals surface area contributed by atoms with Crippen molar-refractivity contribution in [3.63, 3.8) is 0 Å². The lowest BCUT2D eigenvalue weighted by Crippen LogP contribution is -2.28. The molecule has 0 bridgehead atoms. The van der Waals surface area contributed by atoms with E-state index in [-0.39, 0.29) is 5.92 Å². The summed E-state index contributed by atoms with van der Waals surface area (Å²) in [6.07, 6.45) is 0. The zero-order valence-corrected chi connectivity index (χ0v) is 11.0. The fourth-order valence-corrected chi connectivity index (χ4v) is 2.08. The molecule has 0 aromatic heterocycles. The lowest BCUT2D eigenvalue weighted by Gasteiger charge is -2.19. The fourth-order valence-electron chi connectivity index (χ4n) is 2.08. The highest BCUT2D eigenvalue weighted by atomic mass is 16.4. The Bertz CT molecular complexity index is 381. The molecule has 17 heavy (non-hydrogen) atoms. The molecule has 3 heteroatoms. The molecule has 0 saturated heterocycles. The van der Waals surface area contributed by atoms with Gasteiger partial charge in [-0.15, -0.1) is 0 Å². The Morgan fingerprint density at radius 2 is 1.82 bits per heavy atom. The van der Waals surface area contributed by atoms with E-state index >= 15 is 0 Å². The van der Waals surface area contributed by atoms with Crippen LogP contribution in [-0.4, -0.2) is 29.6 Å². The second-order valence-corrected chi connectivity index (χ2v) is 4.93. The lowest BCUT2D eigenvalue weighted by molar-refractivity contribution is -0.141. The van der Waals surface area contributed by atoms with Crippen LogP contribution >= 0.6 is 0 Å². The van der Waals surface area contributed by atoms with Gasteiger partial charge in [-0.2, -0.15) is 0 Å². The van der Waals surface area contributed by atoms with Crippen LogP contribution in [0.1, 0.15) is 23.6 Å². The summed E-state index contributed by atoms with van der Waals surface area (Å²) in [7, 11) is 1.96. The maximum atomic E-state index is 10.8. The second-order valence-electron chi connectivity index (χ2n) is 4.93. The molecule has 1 N–H and O–H groups in total. The normalized spacial score (nSPS) is 12.8. The highest BCUT2D eigenvalue weighted by molar-refractivity contribution is 5.69. The van der Waals surface area contributed by atoms with E-state index in [0.29, 0.717) is 6.54 Å². The molecule has 1 unspecified atom stereocenters. The molecule has 0 saturated carbocycles. The first kappa shape index (κ1) is 13.7. The molecule has 1 rings (SSSR count). The third-order valence-electron chi connectivity index (χ3n) is 2.74. The average Bonchev–Trinajstić information content (AvgIpc) is 2.14. The van der Waals surface area contributed by atoms with Crippen molar-refractivity contribution in [1.82, 2.24) is 4.90 Å². The topological polar surface area (TPSA) is 40.5 Å². The lowest BCUT2D eigenvalue weighted by atomic mass is 10.1. The van der Waals surface area contributed by atoms with Gasteiger partial charge in [0.15, 0.2) is 0 Å². The summed E-state index contributed by atoms with van der Waals surface area (Å²) in [5.41, 5.74) is 3.74. The maximum Gasteiger partial charge on any atom is 0.307 e. The highest BCUT2D eigenvalue weighted by Gasteiger charge is 2.13. The summed E-state index contributed by atoms with van der Waals surface area (Å²) in [5, 5.41) is 8.86. The van der Waals surface area contributed by atoms with E-state index in [2.05, 4.69) is 32.0 Å². The number of carboxylic acid groups (broad SMARTS) is 1. The van der Waals surface area contributed by atoms with Crippen LogP contribution in [0, 0.1) is 19.8 Å². The van der Waals surface area contributed by atoms with Crippen LogP contribution in [0.15, 0.2) is 18.2 Å². The van der Waals surface area contributed by atoms with Crippen LogP contribution in [-0.2, 0) is 11.3 Å². The van der Waals surface area contributed by atoms with Gasteiger partial charge in [0.05, 0.1) is 5.92 Å². The number of carboxylic acids is 1. The molecule has 94 valence electrons. The molecule has 0 spiro atoms. The number of benzene rings is 1. The molecule has 0 aliphatic carbocycles. The van der Waals surface area contributed by atoms with Gasteiger partial charge in [0.2, 0.25) is 0 Å². The van der Waals surface area contributed by atoms with Crippen LogP contribution in [0.25, 0.3) is 0 Å². The van der Waals surface area contributed by atoms with Crippen molar-refractivity contribution in [2.75, 3.05) is 13.6 Å². The Balaban J connectivity index is 2.61. The number of aliphatic carboxylic acids is 1. The van der Waals surface area contributed by atoms with Crippen molar-refractivity contribution in [3.8, 4) is 0 Å². The monoisotopic (exact) mass is 235 g/mol. The number of hydrogen-bond donors (Lipinski definition) is 1. The van der Waals surface area contributed by atoms with E-state index < -0.39 is 5.97 Å². The molecule has 3 nitrogen and oxygen atoms in total. The Morgan fingerprint density at radius 3 is 2.29 bits per heavy atom. The molecule has 0 aliphatic heterocycles. The predicted octanol–water partition coefficient (Wildman–Crippen LogP) is 2.46. The molecular formula is C14H21NO2. The van der Waals surface area contributed by atoms with Crippen molar-refractivity contribution < 1.29 is 9.90 Å². The van der Waals surface area contributed by atoms with Gasteiger partial charge in [0.25, 0.3) is 0 Å². The Kier molecular flexibility index (Phi) is 4.70. The van der Waals surface area contributed by atoms with E-state index in [1.54, 1.807) is 6.92 Å². The van der Waals surface area contributed by atoms with E-state index in [0.717, 1.165) is 6.54 Å². The first-order chi connectivity index (χ1) is 7.88. The Hall–Kier alpha value is -1.35. The fraction of sp³-hybridized carbons (Fsp3) is 0.500. The van der Waals surface area contributed by atoms with Gasteiger partial charge in [-0.25, -0.2) is 0 Å². The molecule has 1 aromatic rings. The minimum atomic E-state index is -0.739. The third kappa shape index (κ3) is 4.57. The van der Waals surface area contributed by atoms with Crippen molar-refractivity contribution >= 4 is 5.97 Å². The molecule has 0 aliphatic rings. The smallest absolute Gasteiger partial charge is 0.307 e. The maximum absolute atomic E-state index is 10.8. The van der Waals surface area contributed by atoms with Crippen molar-refractivity contribution in [2.45, 2.75) is 27.3 Å². The molecule has 0 heterocycles. The summed E-state index contributed by atoms with van der Waals surface area (Å²) < 4.78 is 0. The van der Waals surface area contributed by atoms with Gasteiger partial charge in [-0.05, 0) is 26.5 Å². The molecule has 1 atom stereocenters. The number of nitrogens with zero attached hydrogens (tertiary/aromatic N) is 1. The number of aryl methyl sites for hydroxylation is 2. The summed E-state index contributed by atoms with van der Waals surface area (Å²) in [4.78, 5) is 12.8. The van der Waals surface area contributed by atoms with E-state index in [9.17, 15) is 4.79 Å². The third-order valence-corrected chi connectivity index (χ3v) is 2.74.